The van der Waals surface area contributed by atoms with Gasteiger partial charge in [0.25, 0.3) is 0 Å². The molecule has 2 rings (SSSR count). The first-order valence-electron chi connectivity index (χ1n) is 5.06. The van der Waals surface area contributed by atoms with Gasteiger partial charge in [0.15, 0.2) is 5.78 Å². The van der Waals surface area contributed by atoms with Crippen molar-refractivity contribution in [2.24, 2.45) is 4.99 Å². The Hall–Kier alpha value is -1.64. The van der Waals surface area contributed by atoms with E-state index in [1.54, 1.807) is 19.1 Å². The Balaban J connectivity index is 2.23. The summed E-state index contributed by atoms with van der Waals surface area (Å²) >= 11 is 0. The molecule has 0 aliphatic carbocycles. The summed E-state index contributed by atoms with van der Waals surface area (Å²) in [5.74, 6) is 0.768. The van der Waals surface area contributed by atoms with Gasteiger partial charge in [0.2, 0.25) is 5.90 Å². The Morgan fingerprint density at radius 3 is 2.60 bits per heavy atom. The Bertz CT molecular complexity index is 393. The largest absolute Gasteiger partial charge is 0.477 e. The Morgan fingerprint density at radius 1 is 1.33 bits per heavy atom. The lowest BCUT2D eigenvalue weighted by atomic mass is 10.1. The molecule has 0 bridgehead atoms. The van der Waals surface area contributed by atoms with E-state index in [9.17, 15) is 4.79 Å². The number of carbonyl (C=O) groups excluding carboxylic acids is 1. The van der Waals surface area contributed by atoms with Crippen molar-refractivity contribution in [3.63, 3.8) is 0 Å². The van der Waals surface area contributed by atoms with Gasteiger partial charge in [-0.3, -0.25) is 9.79 Å². The minimum Gasteiger partial charge on any atom is -0.477 e. The molecule has 1 aromatic carbocycles. The Labute approximate surface area is 88.8 Å². The summed E-state index contributed by atoms with van der Waals surface area (Å²) in [5.41, 5.74) is 1.66. The van der Waals surface area contributed by atoms with E-state index in [2.05, 4.69) is 4.99 Å². The number of hydrogen-bond acceptors (Lipinski definition) is 3. The molecular weight excluding hydrogens is 190 g/mol. The van der Waals surface area contributed by atoms with Gasteiger partial charge in [-0.1, -0.05) is 12.1 Å². The lowest BCUT2D eigenvalue weighted by Gasteiger charge is -2.13. The van der Waals surface area contributed by atoms with Crippen molar-refractivity contribution < 1.29 is 9.53 Å². The molecule has 15 heavy (non-hydrogen) atoms. The Kier molecular flexibility index (Phi) is 2.81. The summed E-state index contributed by atoms with van der Waals surface area (Å²) < 4.78 is 5.43. The predicted octanol–water partition coefficient (Wildman–Crippen LogP) is 2.06. The van der Waals surface area contributed by atoms with Crippen LogP contribution in [-0.4, -0.2) is 24.8 Å². The third kappa shape index (κ3) is 2.24. The van der Waals surface area contributed by atoms with Crippen LogP contribution in [0.25, 0.3) is 0 Å². The quantitative estimate of drug-likeness (QED) is 0.690. The monoisotopic (exact) mass is 203 g/mol. The molecule has 0 aromatic heterocycles. The lowest BCUT2D eigenvalue weighted by molar-refractivity contribution is 0.101. The maximum absolute atomic E-state index is 11.1. The van der Waals surface area contributed by atoms with E-state index in [-0.39, 0.29) is 5.78 Å². The average Bonchev–Trinajstić information content (AvgIpc) is 2.30. The summed E-state index contributed by atoms with van der Waals surface area (Å²) in [5, 5.41) is 0. The van der Waals surface area contributed by atoms with Crippen molar-refractivity contribution in [3.05, 3.63) is 35.4 Å². The van der Waals surface area contributed by atoms with E-state index >= 15 is 0 Å². The number of benzene rings is 1. The fourth-order valence-electron chi connectivity index (χ4n) is 1.48. The average molecular weight is 203 g/mol. The molecule has 0 unspecified atom stereocenters. The summed E-state index contributed by atoms with van der Waals surface area (Å²) in [6.07, 6.45) is 0.981. The van der Waals surface area contributed by atoms with Crippen LogP contribution in [0.5, 0.6) is 0 Å². The first-order chi connectivity index (χ1) is 7.27. The maximum atomic E-state index is 11.1. The normalized spacial score (nSPS) is 15.4. The van der Waals surface area contributed by atoms with Crippen LogP contribution in [-0.2, 0) is 4.74 Å². The SMILES string of the molecule is CC(=O)c1ccc(C2=NCCCO2)cc1. The molecule has 1 heterocycles. The molecule has 0 saturated heterocycles. The Morgan fingerprint density at radius 2 is 2.07 bits per heavy atom. The second-order valence-electron chi connectivity index (χ2n) is 3.52. The second-order valence-corrected chi connectivity index (χ2v) is 3.52. The first-order valence-corrected chi connectivity index (χ1v) is 5.06. The zero-order valence-corrected chi connectivity index (χ0v) is 8.69. The summed E-state index contributed by atoms with van der Waals surface area (Å²) in [6.45, 7) is 3.11. The van der Waals surface area contributed by atoms with Gasteiger partial charge < -0.3 is 4.74 Å². The van der Waals surface area contributed by atoms with Crippen molar-refractivity contribution in [2.45, 2.75) is 13.3 Å². The van der Waals surface area contributed by atoms with Crippen molar-refractivity contribution in [2.75, 3.05) is 13.2 Å². The third-order valence-electron chi connectivity index (χ3n) is 2.34. The molecule has 1 aliphatic heterocycles. The molecule has 78 valence electrons. The van der Waals surface area contributed by atoms with Gasteiger partial charge in [0.1, 0.15) is 0 Å². The standard InChI is InChI=1S/C12H13NO2/c1-9(14)10-3-5-11(6-4-10)12-13-7-2-8-15-12/h3-6H,2,7-8H2,1H3. The molecule has 3 nitrogen and oxygen atoms in total. The van der Waals surface area contributed by atoms with Gasteiger partial charge in [-0.2, -0.15) is 0 Å². The molecule has 0 spiro atoms. The van der Waals surface area contributed by atoms with E-state index in [0.29, 0.717) is 5.90 Å². The van der Waals surface area contributed by atoms with Crippen molar-refractivity contribution >= 4 is 11.7 Å². The maximum Gasteiger partial charge on any atom is 0.216 e. The highest BCUT2D eigenvalue weighted by molar-refractivity contribution is 5.97. The van der Waals surface area contributed by atoms with Gasteiger partial charge in [-0.25, -0.2) is 0 Å². The molecule has 0 N–H and O–H groups in total. The first kappa shape index (κ1) is 9.90. The van der Waals surface area contributed by atoms with Crippen molar-refractivity contribution in [3.8, 4) is 0 Å². The fourth-order valence-corrected chi connectivity index (χ4v) is 1.48. The molecule has 0 fully saturated rings. The number of hydrogen-bond donors (Lipinski definition) is 0. The molecule has 1 aromatic rings. The molecule has 0 amide bonds. The van der Waals surface area contributed by atoms with E-state index in [1.807, 2.05) is 12.1 Å². The van der Waals surface area contributed by atoms with Crippen LogP contribution in [0, 0.1) is 0 Å². The number of ether oxygens (including phenoxy) is 1. The summed E-state index contributed by atoms with van der Waals surface area (Å²) in [6, 6.07) is 7.36. The predicted molar refractivity (Wildman–Crippen MR) is 58.4 cm³/mol. The molecular formula is C12H13NO2. The summed E-state index contributed by atoms with van der Waals surface area (Å²) in [7, 11) is 0. The van der Waals surface area contributed by atoms with Crippen LogP contribution in [0.3, 0.4) is 0 Å². The highest BCUT2D eigenvalue weighted by Crippen LogP contribution is 2.10. The van der Waals surface area contributed by atoms with Crippen LogP contribution >= 0.6 is 0 Å². The third-order valence-corrected chi connectivity index (χ3v) is 2.34. The van der Waals surface area contributed by atoms with Crippen molar-refractivity contribution in [1.82, 2.24) is 0 Å². The molecule has 0 saturated carbocycles. The van der Waals surface area contributed by atoms with E-state index in [0.717, 1.165) is 30.7 Å². The minimum atomic E-state index is 0.0769. The van der Waals surface area contributed by atoms with Crippen LogP contribution in [0.1, 0.15) is 29.3 Å². The van der Waals surface area contributed by atoms with E-state index in [4.69, 9.17) is 4.74 Å². The highest BCUT2D eigenvalue weighted by Gasteiger charge is 2.09. The van der Waals surface area contributed by atoms with E-state index < -0.39 is 0 Å². The molecule has 0 radical (unpaired) electrons. The van der Waals surface area contributed by atoms with Crippen LogP contribution < -0.4 is 0 Å². The number of aliphatic imine (C=N–C) groups is 1. The van der Waals surface area contributed by atoms with Gasteiger partial charge in [-0.05, 0) is 19.1 Å². The number of carbonyl (C=O) groups is 1. The molecule has 3 heteroatoms. The van der Waals surface area contributed by atoms with Gasteiger partial charge in [-0.15, -0.1) is 0 Å². The molecule has 0 atom stereocenters. The topological polar surface area (TPSA) is 38.7 Å². The smallest absolute Gasteiger partial charge is 0.216 e. The van der Waals surface area contributed by atoms with Crippen LogP contribution in [0.4, 0.5) is 0 Å². The van der Waals surface area contributed by atoms with Gasteiger partial charge in [0.05, 0.1) is 6.61 Å². The number of ketones is 1. The van der Waals surface area contributed by atoms with Gasteiger partial charge in [0, 0.05) is 24.1 Å². The van der Waals surface area contributed by atoms with Crippen molar-refractivity contribution in [1.29, 1.82) is 0 Å². The van der Waals surface area contributed by atoms with Gasteiger partial charge >= 0.3 is 0 Å². The zero-order valence-electron chi connectivity index (χ0n) is 8.69. The second kappa shape index (κ2) is 4.26. The lowest BCUT2D eigenvalue weighted by Crippen LogP contribution is -2.14. The number of rotatable bonds is 2. The summed E-state index contributed by atoms with van der Waals surface area (Å²) in [4.78, 5) is 15.4. The van der Waals surface area contributed by atoms with Crippen LogP contribution in [0.15, 0.2) is 29.3 Å². The fraction of sp³-hybridized carbons (Fsp3) is 0.333. The van der Waals surface area contributed by atoms with E-state index in [1.165, 1.54) is 0 Å². The zero-order chi connectivity index (χ0) is 10.7. The van der Waals surface area contributed by atoms with Crippen LogP contribution in [0.2, 0.25) is 0 Å². The number of Topliss-reactive ketones (excluding diaryl/α,β-unsaturated/α-hetero) is 1. The highest BCUT2D eigenvalue weighted by atomic mass is 16.5. The minimum absolute atomic E-state index is 0.0769. The molecule has 1 aliphatic rings. The number of nitrogens with zero attached hydrogens (tertiary/aromatic N) is 1.